The van der Waals surface area contributed by atoms with Crippen molar-refractivity contribution in [1.29, 1.82) is 0 Å². The number of nitrogen functional groups attached to an aromatic ring is 1. The molecule has 0 aliphatic heterocycles. The van der Waals surface area contributed by atoms with Crippen molar-refractivity contribution in [2.45, 2.75) is 6.92 Å². The fourth-order valence-corrected chi connectivity index (χ4v) is 1.11. The number of hydrogen-bond acceptors (Lipinski definition) is 5. The van der Waals surface area contributed by atoms with Gasteiger partial charge in [0.05, 0.1) is 6.26 Å². The Balaban J connectivity index is 2.46. The molecule has 2 aromatic heterocycles. The summed E-state index contributed by atoms with van der Waals surface area (Å²) in [5.74, 6) is 7.05. The molecular formula is C9H10N4O. The molecule has 0 atom stereocenters. The van der Waals surface area contributed by atoms with Crippen LogP contribution in [0.5, 0.6) is 0 Å². The normalized spacial score (nSPS) is 10.1. The molecule has 2 aromatic rings. The van der Waals surface area contributed by atoms with Gasteiger partial charge >= 0.3 is 0 Å². The predicted octanol–water partition coefficient (Wildman–Crippen LogP) is 1.33. The van der Waals surface area contributed by atoms with Gasteiger partial charge < -0.3 is 9.84 Å². The third-order valence-corrected chi connectivity index (χ3v) is 1.85. The lowest BCUT2D eigenvalue weighted by Crippen LogP contribution is -2.10. The lowest BCUT2D eigenvalue weighted by atomic mass is 10.3. The molecule has 2 heterocycles. The topological polar surface area (TPSA) is 77.0 Å². The predicted molar refractivity (Wildman–Crippen MR) is 52.3 cm³/mol. The molecule has 0 radical (unpaired) electrons. The molecule has 2 rings (SSSR count). The minimum atomic E-state index is 0.522. The highest BCUT2D eigenvalue weighted by molar-refractivity contribution is 5.52. The first-order chi connectivity index (χ1) is 6.81. The van der Waals surface area contributed by atoms with Gasteiger partial charge in [-0.25, -0.2) is 15.8 Å². The summed E-state index contributed by atoms with van der Waals surface area (Å²) in [7, 11) is 0. The van der Waals surface area contributed by atoms with Gasteiger partial charge in [0.2, 0.25) is 0 Å². The first-order valence-corrected chi connectivity index (χ1v) is 4.15. The van der Waals surface area contributed by atoms with Crippen molar-refractivity contribution >= 4 is 5.82 Å². The lowest BCUT2D eigenvalue weighted by Gasteiger charge is -2.03. The molecule has 0 fully saturated rings. The van der Waals surface area contributed by atoms with Crippen LogP contribution in [-0.2, 0) is 0 Å². The van der Waals surface area contributed by atoms with E-state index in [0.29, 0.717) is 17.4 Å². The third kappa shape index (κ3) is 1.45. The zero-order valence-corrected chi connectivity index (χ0v) is 7.69. The van der Waals surface area contributed by atoms with Crippen molar-refractivity contribution in [2.24, 2.45) is 5.84 Å². The molecule has 3 N–H and O–H groups in total. The van der Waals surface area contributed by atoms with E-state index in [2.05, 4.69) is 15.4 Å². The van der Waals surface area contributed by atoms with Crippen LogP contribution in [0.3, 0.4) is 0 Å². The van der Waals surface area contributed by atoms with E-state index in [9.17, 15) is 0 Å². The van der Waals surface area contributed by atoms with Gasteiger partial charge in [0, 0.05) is 11.8 Å². The number of furan rings is 1. The molecule has 5 nitrogen and oxygen atoms in total. The maximum Gasteiger partial charge on any atom is 0.197 e. The Kier molecular flexibility index (Phi) is 2.16. The van der Waals surface area contributed by atoms with E-state index in [1.807, 2.05) is 6.92 Å². The summed E-state index contributed by atoms with van der Waals surface area (Å²) in [6.07, 6.45) is 3.27. The van der Waals surface area contributed by atoms with Crippen LogP contribution in [0.2, 0.25) is 0 Å². The highest BCUT2D eigenvalue weighted by Gasteiger charge is 2.06. The second-order valence-corrected chi connectivity index (χ2v) is 2.85. The minimum absolute atomic E-state index is 0.522. The number of hydrazine groups is 1. The van der Waals surface area contributed by atoms with Crippen LogP contribution in [0.1, 0.15) is 5.56 Å². The van der Waals surface area contributed by atoms with Crippen molar-refractivity contribution in [2.75, 3.05) is 5.43 Å². The number of nitrogens with one attached hydrogen (secondary N) is 1. The molecule has 0 aliphatic rings. The molecule has 0 saturated carbocycles. The van der Waals surface area contributed by atoms with Crippen molar-refractivity contribution < 1.29 is 4.42 Å². The largest absolute Gasteiger partial charge is 0.461 e. The summed E-state index contributed by atoms with van der Waals surface area (Å²) in [6.45, 7) is 1.88. The van der Waals surface area contributed by atoms with E-state index in [0.717, 1.165) is 5.56 Å². The number of aromatic nitrogens is 2. The number of hydrogen-bond donors (Lipinski definition) is 2. The van der Waals surface area contributed by atoms with Crippen LogP contribution >= 0.6 is 0 Å². The van der Waals surface area contributed by atoms with Crippen molar-refractivity contribution in [3.63, 3.8) is 0 Å². The van der Waals surface area contributed by atoms with Gasteiger partial charge in [-0.1, -0.05) is 0 Å². The second kappa shape index (κ2) is 3.47. The summed E-state index contributed by atoms with van der Waals surface area (Å²) in [5.41, 5.74) is 3.40. The molecule has 0 aromatic carbocycles. The van der Waals surface area contributed by atoms with Crippen molar-refractivity contribution in [3.8, 4) is 11.6 Å². The molecule has 0 saturated heterocycles. The Labute approximate surface area is 80.9 Å². The van der Waals surface area contributed by atoms with E-state index >= 15 is 0 Å². The summed E-state index contributed by atoms with van der Waals surface area (Å²) < 4.78 is 5.17. The molecular weight excluding hydrogens is 180 g/mol. The maximum absolute atomic E-state index is 5.30. The monoisotopic (exact) mass is 190 g/mol. The Morgan fingerprint density at radius 2 is 2.36 bits per heavy atom. The smallest absolute Gasteiger partial charge is 0.197 e. The zero-order valence-electron chi connectivity index (χ0n) is 7.69. The molecule has 0 unspecified atom stereocenters. The van der Waals surface area contributed by atoms with Crippen LogP contribution in [0.4, 0.5) is 5.82 Å². The number of rotatable bonds is 2. The van der Waals surface area contributed by atoms with Crippen molar-refractivity contribution in [1.82, 2.24) is 9.97 Å². The van der Waals surface area contributed by atoms with Gasteiger partial charge in [-0.2, -0.15) is 0 Å². The highest BCUT2D eigenvalue weighted by atomic mass is 16.3. The van der Waals surface area contributed by atoms with Gasteiger partial charge in [0.25, 0.3) is 0 Å². The van der Waals surface area contributed by atoms with Crippen LogP contribution < -0.4 is 11.3 Å². The maximum atomic E-state index is 5.30. The average Bonchev–Trinajstić information content (AvgIpc) is 2.71. The van der Waals surface area contributed by atoms with E-state index in [1.54, 1.807) is 24.6 Å². The van der Waals surface area contributed by atoms with Gasteiger partial charge in [0.15, 0.2) is 11.6 Å². The van der Waals surface area contributed by atoms with E-state index in [-0.39, 0.29) is 0 Å². The van der Waals surface area contributed by atoms with Gasteiger partial charge in [-0.3, -0.25) is 0 Å². The standard InChI is InChI=1S/C9H10N4O/c1-6-5-11-9(12-8(6)13-10)7-3-2-4-14-7/h2-5H,10H2,1H3,(H,11,12,13). The number of anilines is 1. The van der Waals surface area contributed by atoms with E-state index < -0.39 is 0 Å². The van der Waals surface area contributed by atoms with E-state index in [1.165, 1.54) is 0 Å². The molecule has 0 aliphatic carbocycles. The quantitative estimate of drug-likeness (QED) is 0.551. The summed E-state index contributed by atoms with van der Waals surface area (Å²) >= 11 is 0. The summed E-state index contributed by atoms with van der Waals surface area (Å²) in [6, 6.07) is 3.58. The molecule has 0 bridgehead atoms. The molecule has 5 heteroatoms. The van der Waals surface area contributed by atoms with Gasteiger partial charge in [0.1, 0.15) is 5.82 Å². The Morgan fingerprint density at radius 1 is 1.50 bits per heavy atom. The van der Waals surface area contributed by atoms with Crippen LogP contribution in [-0.4, -0.2) is 9.97 Å². The summed E-state index contributed by atoms with van der Waals surface area (Å²) in [5, 5.41) is 0. The zero-order chi connectivity index (χ0) is 9.97. The number of nitrogens with zero attached hydrogens (tertiary/aromatic N) is 2. The third-order valence-electron chi connectivity index (χ3n) is 1.85. The SMILES string of the molecule is Cc1cnc(-c2ccco2)nc1NN. The Bertz CT molecular complexity index is 424. The Morgan fingerprint density at radius 3 is 3.00 bits per heavy atom. The van der Waals surface area contributed by atoms with Gasteiger partial charge in [-0.15, -0.1) is 0 Å². The average molecular weight is 190 g/mol. The van der Waals surface area contributed by atoms with Crippen molar-refractivity contribution in [3.05, 3.63) is 30.2 Å². The Hall–Kier alpha value is -1.88. The fourth-order valence-electron chi connectivity index (χ4n) is 1.11. The molecule has 72 valence electrons. The molecule has 0 spiro atoms. The number of aryl methyl sites for hydroxylation is 1. The van der Waals surface area contributed by atoms with Crippen LogP contribution in [0, 0.1) is 6.92 Å². The van der Waals surface area contributed by atoms with Crippen LogP contribution in [0.25, 0.3) is 11.6 Å². The first kappa shape index (κ1) is 8.71. The van der Waals surface area contributed by atoms with Gasteiger partial charge in [-0.05, 0) is 19.1 Å². The second-order valence-electron chi connectivity index (χ2n) is 2.85. The summed E-state index contributed by atoms with van der Waals surface area (Å²) in [4.78, 5) is 8.32. The lowest BCUT2D eigenvalue weighted by molar-refractivity contribution is 0.577. The highest BCUT2D eigenvalue weighted by Crippen LogP contribution is 2.18. The fraction of sp³-hybridized carbons (Fsp3) is 0.111. The minimum Gasteiger partial charge on any atom is -0.461 e. The number of nitrogens with two attached hydrogens (primary N) is 1. The first-order valence-electron chi connectivity index (χ1n) is 4.15. The van der Waals surface area contributed by atoms with Crippen LogP contribution in [0.15, 0.2) is 29.0 Å². The van der Waals surface area contributed by atoms with E-state index in [4.69, 9.17) is 10.3 Å². The molecule has 14 heavy (non-hydrogen) atoms. The molecule has 0 amide bonds.